The fourth-order valence-electron chi connectivity index (χ4n) is 1.79. The first-order valence-electron chi connectivity index (χ1n) is 8.27. The summed E-state index contributed by atoms with van der Waals surface area (Å²) in [6.45, 7) is 6.34. The van der Waals surface area contributed by atoms with Crippen molar-refractivity contribution in [3.8, 4) is 0 Å². The van der Waals surface area contributed by atoms with Crippen LogP contribution in [0.1, 0.15) is 36.2 Å². The maximum absolute atomic E-state index is 12.0. The minimum atomic E-state index is -1.11. The average Bonchev–Trinajstić information content (AvgIpc) is 2.67. The lowest BCUT2D eigenvalue weighted by atomic mass is 10.1. The van der Waals surface area contributed by atoms with Gasteiger partial charge in [0.15, 0.2) is 0 Å². The van der Waals surface area contributed by atoms with Gasteiger partial charge in [-0.25, -0.2) is 9.59 Å². The van der Waals surface area contributed by atoms with Crippen molar-refractivity contribution >= 4 is 17.9 Å². The molecular formula is C19H24O7. The summed E-state index contributed by atoms with van der Waals surface area (Å²) in [6, 6.07) is 6.37. The molecule has 0 fully saturated rings. The molecule has 0 aliphatic carbocycles. The van der Waals surface area contributed by atoms with Crippen LogP contribution in [0.15, 0.2) is 36.9 Å². The van der Waals surface area contributed by atoms with Gasteiger partial charge in [-0.1, -0.05) is 32.6 Å². The third kappa shape index (κ3) is 7.48. The van der Waals surface area contributed by atoms with Gasteiger partial charge < -0.3 is 19.3 Å². The minimum Gasteiger partial charge on any atom is -0.463 e. The van der Waals surface area contributed by atoms with E-state index < -0.39 is 24.0 Å². The van der Waals surface area contributed by atoms with Gasteiger partial charge in [0, 0.05) is 6.08 Å². The topological polar surface area (TPSA) is 99.1 Å². The van der Waals surface area contributed by atoms with Crippen LogP contribution in [0.4, 0.5) is 0 Å². The molecule has 0 aliphatic heterocycles. The van der Waals surface area contributed by atoms with Crippen LogP contribution in [-0.4, -0.2) is 42.3 Å². The molecule has 7 nitrogen and oxygen atoms in total. The molecule has 2 unspecified atom stereocenters. The lowest BCUT2D eigenvalue weighted by Gasteiger charge is -2.14. The van der Waals surface area contributed by atoms with E-state index in [1.165, 1.54) is 12.1 Å². The Morgan fingerprint density at radius 3 is 2.54 bits per heavy atom. The molecule has 1 rings (SSSR count). The summed E-state index contributed by atoms with van der Waals surface area (Å²) in [5, 5.41) is 9.75. The fraction of sp³-hybridized carbons (Fsp3) is 0.421. The molecule has 0 saturated heterocycles. The van der Waals surface area contributed by atoms with Crippen LogP contribution in [-0.2, 0) is 30.4 Å². The molecule has 0 aromatic heterocycles. The van der Waals surface area contributed by atoms with E-state index in [-0.39, 0.29) is 31.3 Å². The highest BCUT2D eigenvalue weighted by Gasteiger charge is 2.16. The molecule has 0 amide bonds. The predicted molar refractivity (Wildman–Crippen MR) is 93.1 cm³/mol. The summed E-state index contributed by atoms with van der Waals surface area (Å²) in [7, 11) is 0. The van der Waals surface area contributed by atoms with Crippen LogP contribution in [0.25, 0.3) is 0 Å². The van der Waals surface area contributed by atoms with Crippen LogP contribution in [0.3, 0.4) is 0 Å². The molecule has 0 bridgehead atoms. The Bertz CT molecular complexity index is 639. The zero-order valence-electron chi connectivity index (χ0n) is 15.0. The SMILES string of the molecule is C=CC(=O)OCc1cccc(C(=O)OCC(O)COC(=O)C(C)CC)c1. The summed E-state index contributed by atoms with van der Waals surface area (Å²) in [6.07, 6.45) is 0.583. The molecule has 1 aromatic carbocycles. The second kappa shape index (κ2) is 11.0. The average molecular weight is 364 g/mol. The summed E-state index contributed by atoms with van der Waals surface area (Å²) >= 11 is 0. The molecular weight excluding hydrogens is 340 g/mol. The summed E-state index contributed by atoms with van der Waals surface area (Å²) in [4.78, 5) is 34.6. The van der Waals surface area contributed by atoms with Crippen molar-refractivity contribution in [1.82, 2.24) is 0 Å². The maximum Gasteiger partial charge on any atom is 0.338 e. The highest BCUT2D eigenvalue weighted by atomic mass is 16.6. The van der Waals surface area contributed by atoms with Gasteiger partial charge >= 0.3 is 17.9 Å². The van der Waals surface area contributed by atoms with E-state index in [1.807, 2.05) is 6.92 Å². The van der Waals surface area contributed by atoms with E-state index in [4.69, 9.17) is 14.2 Å². The van der Waals surface area contributed by atoms with Crippen molar-refractivity contribution in [1.29, 1.82) is 0 Å². The third-order valence-corrected chi connectivity index (χ3v) is 3.55. The second-order valence-corrected chi connectivity index (χ2v) is 5.70. The summed E-state index contributed by atoms with van der Waals surface area (Å²) < 4.78 is 14.8. The van der Waals surface area contributed by atoms with E-state index in [9.17, 15) is 19.5 Å². The molecule has 1 N–H and O–H groups in total. The van der Waals surface area contributed by atoms with Crippen LogP contribution >= 0.6 is 0 Å². The van der Waals surface area contributed by atoms with Crippen molar-refractivity contribution in [2.45, 2.75) is 33.0 Å². The zero-order chi connectivity index (χ0) is 19.5. The zero-order valence-corrected chi connectivity index (χ0v) is 15.0. The number of carbonyl (C=O) groups is 3. The van der Waals surface area contributed by atoms with Crippen molar-refractivity contribution in [3.05, 3.63) is 48.0 Å². The third-order valence-electron chi connectivity index (χ3n) is 3.55. The molecule has 0 aliphatic rings. The summed E-state index contributed by atoms with van der Waals surface area (Å²) in [5.41, 5.74) is 0.860. The van der Waals surface area contributed by atoms with Crippen LogP contribution < -0.4 is 0 Å². The number of hydrogen-bond acceptors (Lipinski definition) is 7. The number of ether oxygens (including phenoxy) is 3. The van der Waals surface area contributed by atoms with Gasteiger partial charge in [-0.15, -0.1) is 0 Å². The van der Waals surface area contributed by atoms with E-state index >= 15 is 0 Å². The number of benzene rings is 1. The molecule has 1 aromatic rings. The fourth-order valence-corrected chi connectivity index (χ4v) is 1.79. The predicted octanol–water partition coefficient (Wildman–Crippen LogP) is 2.02. The Morgan fingerprint density at radius 2 is 1.88 bits per heavy atom. The Balaban J connectivity index is 2.46. The first-order chi connectivity index (χ1) is 12.4. The van der Waals surface area contributed by atoms with E-state index in [0.29, 0.717) is 12.0 Å². The van der Waals surface area contributed by atoms with Crippen LogP contribution in [0.5, 0.6) is 0 Å². The van der Waals surface area contributed by atoms with Crippen molar-refractivity contribution in [2.24, 2.45) is 5.92 Å². The monoisotopic (exact) mass is 364 g/mol. The minimum absolute atomic E-state index is 0.000162. The van der Waals surface area contributed by atoms with Gasteiger partial charge in [0.2, 0.25) is 0 Å². The molecule has 7 heteroatoms. The smallest absolute Gasteiger partial charge is 0.338 e. The van der Waals surface area contributed by atoms with Crippen LogP contribution in [0, 0.1) is 5.92 Å². The molecule has 0 heterocycles. The highest BCUT2D eigenvalue weighted by Crippen LogP contribution is 2.09. The highest BCUT2D eigenvalue weighted by molar-refractivity contribution is 5.89. The Labute approximate surface area is 152 Å². The van der Waals surface area contributed by atoms with Crippen molar-refractivity contribution < 1.29 is 33.7 Å². The number of aliphatic hydroxyl groups excluding tert-OH is 1. The molecule has 26 heavy (non-hydrogen) atoms. The van der Waals surface area contributed by atoms with E-state index in [1.54, 1.807) is 19.1 Å². The van der Waals surface area contributed by atoms with Gasteiger partial charge in [-0.3, -0.25) is 4.79 Å². The van der Waals surface area contributed by atoms with Gasteiger partial charge in [0.25, 0.3) is 0 Å². The Morgan fingerprint density at radius 1 is 1.19 bits per heavy atom. The van der Waals surface area contributed by atoms with Gasteiger partial charge in [-0.2, -0.15) is 0 Å². The summed E-state index contributed by atoms with van der Waals surface area (Å²) in [5.74, 6) is -1.86. The molecule has 2 atom stereocenters. The number of carbonyl (C=O) groups excluding carboxylic acids is 3. The van der Waals surface area contributed by atoms with Crippen molar-refractivity contribution in [3.63, 3.8) is 0 Å². The molecule has 0 spiro atoms. The molecule has 0 saturated carbocycles. The molecule has 142 valence electrons. The largest absolute Gasteiger partial charge is 0.463 e. The number of esters is 3. The Kier molecular flexibility index (Phi) is 9.08. The van der Waals surface area contributed by atoms with E-state index in [0.717, 1.165) is 6.08 Å². The lowest BCUT2D eigenvalue weighted by Crippen LogP contribution is -2.27. The first-order valence-corrected chi connectivity index (χ1v) is 8.27. The van der Waals surface area contributed by atoms with Gasteiger partial charge in [-0.05, 0) is 24.1 Å². The number of rotatable bonds is 10. The standard InChI is InChI=1S/C19H24O7/c1-4-13(3)18(22)25-11-16(20)12-26-19(23)15-8-6-7-14(9-15)10-24-17(21)5-2/h5-9,13,16,20H,2,4,10-12H2,1,3H3. The normalized spacial score (nSPS) is 12.6. The van der Waals surface area contributed by atoms with Gasteiger partial charge in [0.05, 0.1) is 11.5 Å². The maximum atomic E-state index is 12.0. The first kappa shape index (κ1) is 21.4. The molecule has 0 radical (unpaired) electrons. The second-order valence-electron chi connectivity index (χ2n) is 5.70. The van der Waals surface area contributed by atoms with Crippen molar-refractivity contribution in [2.75, 3.05) is 13.2 Å². The quantitative estimate of drug-likeness (QED) is 0.385. The number of aliphatic hydroxyl groups is 1. The van der Waals surface area contributed by atoms with E-state index in [2.05, 4.69) is 6.58 Å². The lowest BCUT2D eigenvalue weighted by molar-refractivity contribution is -0.151. The van der Waals surface area contributed by atoms with Crippen LogP contribution in [0.2, 0.25) is 0 Å². The Hall–Kier alpha value is -2.67. The number of hydrogen-bond donors (Lipinski definition) is 1. The van der Waals surface area contributed by atoms with Gasteiger partial charge in [0.1, 0.15) is 25.9 Å².